The molecule has 0 saturated heterocycles. The molecular formula is C13H14N2S. The number of nitrogens with zero attached hydrogens (tertiary/aromatic N) is 2. The molecule has 3 rings (SSSR count). The van der Waals surface area contributed by atoms with Crippen LogP contribution in [-0.4, -0.2) is 11.0 Å². The normalized spacial score (nSPS) is 15.0. The maximum atomic E-state index is 4.45. The lowest BCUT2D eigenvalue weighted by molar-refractivity contribution is 0.786. The summed E-state index contributed by atoms with van der Waals surface area (Å²) in [6.07, 6.45) is 4.49. The van der Waals surface area contributed by atoms with E-state index in [1.165, 1.54) is 17.7 Å². The molecule has 0 unspecified atom stereocenters. The van der Waals surface area contributed by atoms with E-state index in [2.05, 4.69) is 39.5 Å². The highest BCUT2D eigenvalue weighted by atomic mass is 32.1. The van der Waals surface area contributed by atoms with Crippen LogP contribution in [0.15, 0.2) is 41.9 Å². The van der Waals surface area contributed by atoms with E-state index < -0.39 is 0 Å². The molecule has 0 atom stereocenters. The number of rotatable bonds is 4. The first kappa shape index (κ1) is 9.85. The Hall–Kier alpha value is -1.35. The van der Waals surface area contributed by atoms with Crippen LogP contribution in [0.2, 0.25) is 0 Å². The minimum atomic E-state index is 0.706. The second-order valence-electron chi connectivity index (χ2n) is 4.13. The average Bonchev–Trinajstić information content (AvgIpc) is 3.05. The van der Waals surface area contributed by atoms with Crippen molar-refractivity contribution in [1.29, 1.82) is 0 Å². The molecule has 1 aliphatic rings. The maximum absolute atomic E-state index is 4.45. The molecule has 0 radical (unpaired) electrons. The van der Waals surface area contributed by atoms with E-state index in [0.717, 1.165) is 12.4 Å². The molecule has 1 fully saturated rings. The van der Waals surface area contributed by atoms with Crippen molar-refractivity contribution >= 4 is 17.2 Å². The Morgan fingerprint density at radius 1 is 1.25 bits per heavy atom. The SMILES string of the molecule is c1ccc(N(Cc2cccs2)C2CC2)nc1. The molecule has 0 N–H and O–H groups in total. The second kappa shape index (κ2) is 4.26. The lowest BCUT2D eigenvalue weighted by Crippen LogP contribution is -2.25. The smallest absolute Gasteiger partial charge is 0.129 e. The van der Waals surface area contributed by atoms with Crippen molar-refractivity contribution in [2.75, 3.05) is 4.90 Å². The minimum Gasteiger partial charge on any atom is -0.348 e. The van der Waals surface area contributed by atoms with Crippen molar-refractivity contribution in [3.05, 3.63) is 46.8 Å². The van der Waals surface area contributed by atoms with Gasteiger partial charge in [-0.15, -0.1) is 11.3 Å². The van der Waals surface area contributed by atoms with Gasteiger partial charge in [0.2, 0.25) is 0 Å². The lowest BCUT2D eigenvalue weighted by atomic mass is 10.3. The van der Waals surface area contributed by atoms with Gasteiger partial charge in [0.05, 0.1) is 6.54 Å². The van der Waals surface area contributed by atoms with E-state index in [4.69, 9.17) is 0 Å². The molecule has 82 valence electrons. The lowest BCUT2D eigenvalue weighted by Gasteiger charge is -2.22. The van der Waals surface area contributed by atoms with Gasteiger partial charge in [-0.2, -0.15) is 0 Å². The summed E-state index contributed by atoms with van der Waals surface area (Å²) in [5.41, 5.74) is 0. The van der Waals surface area contributed by atoms with E-state index in [9.17, 15) is 0 Å². The average molecular weight is 230 g/mol. The molecule has 2 heterocycles. The monoisotopic (exact) mass is 230 g/mol. The minimum absolute atomic E-state index is 0.706. The Bertz CT molecular complexity index is 434. The molecule has 0 aliphatic heterocycles. The summed E-state index contributed by atoms with van der Waals surface area (Å²) in [6.45, 7) is 0.999. The molecule has 0 spiro atoms. The number of hydrogen-bond acceptors (Lipinski definition) is 3. The maximum Gasteiger partial charge on any atom is 0.129 e. The van der Waals surface area contributed by atoms with Crippen LogP contribution in [0.4, 0.5) is 5.82 Å². The van der Waals surface area contributed by atoms with Gasteiger partial charge in [0.25, 0.3) is 0 Å². The topological polar surface area (TPSA) is 16.1 Å². The largest absolute Gasteiger partial charge is 0.348 e. The Morgan fingerprint density at radius 2 is 2.19 bits per heavy atom. The zero-order chi connectivity index (χ0) is 10.8. The van der Waals surface area contributed by atoms with E-state index in [1.54, 1.807) is 0 Å². The fraction of sp³-hybridized carbons (Fsp3) is 0.308. The molecule has 16 heavy (non-hydrogen) atoms. The van der Waals surface area contributed by atoms with Gasteiger partial charge in [-0.25, -0.2) is 4.98 Å². The third kappa shape index (κ3) is 2.09. The first-order chi connectivity index (χ1) is 7.93. The van der Waals surface area contributed by atoms with Crippen LogP contribution in [0.5, 0.6) is 0 Å². The summed E-state index contributed by atoms with van der Waals surface area (Å²) >= 11 is 1.82. The third-order valence-electron chi connectivity index (χ3n) is 2.84. The molecule has 1 aliphatic carbocycles. The van der Waals surface area contributed by atoms with Crippen molar-refractivity contribution < 1.29 is 0 Å². The summed E-state index contributed by atoms with van der Waals surface area (Å²) < 4.78 is 0. The quantitative estimate of drug-likeness (QED) is 0.801. The zero-order valence-electron chi connectivity index (χ0n) is 9.04. The highest BCUT2D eigenvalue weighted by Gasteiger charge is 2.29. The van der Waals surface area contributed by atoms with Gasteiger partial charge in [-0.05, 0) is 36.4 Å². The van der Waals surface area contributed by atoms with Crippen molar-refractivity contribution in [1.82, 2.24) is 4.98 Å². The number of aromatic nitrogens is 1. The molecular weight excluding hydrogens is 216 g/mol. The molecule has 1 saturated carbocycles. The van der Waals surface area contributed by atoms with Crippen LogP contribution in [0.1, 0.15) is 17.7 Å². The van der Waals surface area contributed by atoms with Gasteiger partial charge in [-0.3, -0.25) is 0 Å². The highest BCUT2D eigenvalue weighted by molar-refractivity contribution is 7.09. The van der Waals surface area contributed by atoms with E-state index in [1.807, 2.05) is 23.6 Å². The fourth-order valence-corrected chi connectivity index (χ4v) is 2.58. The van der Waals surface area contributed by atoms with Crippen molar-refractivity contribution in [2.24, 2.45) is 0 Å². The van der Waals surface area contributed by atoms with Crippen LogP contribution >= 0.6 is 11.3 Å². The predicted molar refractivity (Wildman–Crippen MR) is 67.8 cm³/mol. The Kier molecular flexibility index (Phi) is 2.62. The van der Waals surface area contributed by atoms with Gasteiger partial charge in [0.15, 0.2) is 0 Å². The zero-order valence-corrected chi connectivity index (χ0v) is 9.86. The van der Waals surface area contributed by atoms with Crippen molar-refractivity contribution in [2.45, 2.75) is 25.4 Å². The summed E-state index contributed by atoms with van der Waals surface area (Å²) in [6, 6.07) is 11.2. The van der Waals surface area contributed by atoms with Gasteiger partial charge in [-0.1, -0.05) is 12.1 Å². The Labute approximate surface area is 99.6 Å². The van der Waals surface area contributed by atoms with Gasteiger partial charge < -0.3 is 4.90 Å². The van der Waals surface area contributed by atoms with Crippen LogP contribution in [0.3, 0.4) is 0 Å². The predicted octanol–water partition coefficient (Wildman–Crippen LogP) is 3.31. The summed E-state index contributed by atoms with van der Waals surface area (Å²) in [5, 5.41) is 2.14. The number of thiophene rings is 1. The van der Waals surface area contributed by atoms with E-state index in [-0.39, 0.29) is 0 Å². The molecule has 3 heteroatoms. The first-order valence-electron chi connectivity index (χ1n) is 5.63. The molecule has 2 aromatic rings. The second-order valence-corrected chi connectivity index (χ2v) is 5.16. The van der Waals surface area contributed by atoms with Crippen LogP contribution in [-0.2, 0) is 6.54 Å². The van der Waals surface area contributed by atoms with E-state index in [0.29, 0.717) is 6.04 Å². The van der Waals surface area contributed by atoms with Crippen LogP contribution in [0.25, 0.3) is 0 Å². The molecule has 2 nitrogen and oxygen atoms in total. The standard InChI is InChI=1S/C13H14N2S/c1-2-8-14-13(5-1)15(11-6-7-11)10-12-4-3-9-16-12/h1-5,8-9,11H,6-7,10H2. The molecule has 0 amide bonds. The first-order valence-corrected chi connectivity index (χ1v) is 6.51. The van der Waals surface area contributed by atoms with Gasteiger partial charge >= 0.3 is 0 Å². The van der Waals surface area contributed by atoms with Gasteiger partial charge in [0, 0.05) is 17.1 Å². The van der Waals surface area contributed by atoms with Gasteiger partial charge in [0.1, 0.15) is 5.82 Å². The highest BCUT2D eigenvalue weighted by Crippen LogP contribution is 2.32. The third-order valence-corrected chi connectivity index (χ3v) is 3.70. The summed E-state index contributed by atoms with van der Waals surface area (Å²) in [5.74, 6) is 1.11. The fourth-order valence-electron chi connectivity index (χ4n) is 1.88. The Morgan fingerprint density at radius 3 is 2.81 bits per heavy atom. The van der Waals surface area contributed by atoms with Crippen molar-refractivity contribution in [3.63, 3.8) is 0 Å². The summed E-state index contributed by atoms with van der Waals surface area (Å²) in [4.78, 5) is 8.29. The number of anilines is 1. The number of hydrogen-bond donors (Lipinski definition) is 0. The Balaban J connectivity index is 1.82. The molecule has 0 aromatic carbocycles. The van der Waals surface area contributed by atoms with Crippen LogP contribution in [0, 0.1) is 0 Å². The van der Waals surface area contributed by atoms with Crippen LogP contribution < -0.4 is 4.90 Å². The van der Waals surface area contributed by atoms with Crippen molar-refractivity contribution in [3.8, 4) is 0 Å². The number of pyridine rings is 1. The molecule has 0 bridgehead atoms. The van der Waals surface area contributed by atoms with E-state index >= 15 is 0 Å². The summed E-state index contributed by atoms with van der Waals surface area (Å²) in [7, 11) is 0. The molecule has 2 aromatic heterocycles.